The maximum absolute atomic E-state index is 13.9. The van der Waals surface area contributed by atoms with Crippen LogP contribution in [-0.2, 0) is 10.0 Å². The van der Waals surface area contributed by atoms with Crippen LogP contribution in [0.3, 0.4) is 0 Å². The van der Waals surface area contributed by atoms with Crippen LogP contribution in [0.25, 0.3) is 0 Å². The molecule has 120 valence electrons. The van der Waals surface area contributed by atoms with E-state index in [1.807, 2.05) is 6.92 Å². The van der Waals surface area contributed by atoms with Gasteiger partial charge in [0.15, 0.2) is 0 Å². The molecule has 1 fully saturated rings. The lowest BCUT2D eigenvalue weighted by Crippen LogP contribution is -2.51. The highest BCUT2D eigenvalue weighted by Crippen LogP contribution is 2.29. The van der Waals surface area contributed by atoms with E-state index in [0.29, 0.717) is 6.54 Å². The highest BCUT2D eigenvalue weighted by molar-refractivity contribution is 7.89. The highest BCUT2D eigenvalue weighted by Gasteiger charge is 2.37. The van der Waals surface area contributed by atoms with Crippen molar-refractivity contribution in [1.29, 1.82) is 0 Å². The number of benzene rings is 1. The van der Waals surface area contributed by atoms with E-state index < -0.39 is 15.8 Å². The predicted octanol–water partition coefficient (Wildman–Crippen LogP) is 2.30. The molecule has 0 radical (unpaired) electrons. The molecule has 1 heterocycles. The SMILES string of the molecule is Cc1ccc(F)c(S(=O)(=O)N2CCCC(C)C2CN)c1.Cl. The van der Waals surface area contributed by atoms with Crippen LogP contribution in [0.5, 0.6) is 0 Å². The smallest absolute Gasteiger partial charge is 0.246 e. The number of nitrogens with zero attached hydrogens (tertiary/aromatic N) is 1. The van der Waals surface area contributed by atoms with Crippen LogP contribution in [0.1, 0.15) is 25.3 Å². The van der Waals surface area contributed by atoms with Crippen LogP contribution in [0.2, 0.25) is 0 Å². The third-order valence-corrected chi connectivity index (χ3v) is 5.92. The molecule has 0 aromatic heterocycles. The quantitative estimate of drug-likeness (QED) is 0.921. The van der Waals surface area contributed by atoms with Gasteiger partial charge in [-0.15, -0.1) is 12.4 Å². The Morgan fingerprint density at radius 1 is 1.43 bits per heavy atom. The maximum atomic E-state index is 13.9. The number of hydrogen-bond acceptors (Lipinski definition) is 3. The molecule has 0 amide bonds. The largest absolute Gasteiger partial charge is 0.329 e. The van der Waals surface area contributed by atoms with E-state index in [2.05, 4.69) is 0 Å². The Morgan fingerprint density at radius 3 is 2.71 bits per heavy atom. The minimum absolute atomic E-state index is 0. The first-order chi connectivity index (χ1) is 9.37. The third kappa shape index (κ3) is 3.56. The van der Waals surface area contributed by atoms with Gasteiger partial charge in [-0.1, -0.05) is 13.0 Å². The van der Waals surface area contributed by atoms with E-state index in [0.717, 1.165) is 18.4 Å². The van der Waals surface area contributed by atoms with Gasteiger partial charge in [0.2, 0.25) is 10.0 Å². The predicted molar refractivity (Wildman–Crippen MR) is 83.5 cm³/mol. The normalized spacial score (nSPS) is 23.6. The summed E-state index contributed by atoms with van der Waals surface area (Å²) in [5.41, 5.74) is 6.45. The molecule has 1 aromatic carbocycles. The lowest BCUT2D eigenvalue weighted by molar-refractivity contribution is 0.192. The lowest BCUT2D eigenvalue weighted by atomic mass is 9.93. The first-order valence-corrected chi connectivity index (χ1v) is 8.30. The molecule has 4 nitrogen and oxygen atoms in total. The Balaban J connectivity index is 0.00000220. The zero-order valence-electron chi connectivity index (χ0n) is 12.3. The van der Waals surface area contributed by atoms with Gasteiger partial charge >= 0.3 is 0 Å². The molecule has 2 N–H and O–H groups in total. The average Bonchev–Trinajstić information content (AvgIpc) is 2.41. The van der Waals surface area contributed by atoms with Gasteiger partial charge in [-0.3, -0.25) is 0 Å². The van der Waals surface area contributed by atoms with Crippen molar-refractivity contribution in [2.24, 2.45) is 11.7 Å². The summed E-state index contributed by atoms with van der Waals surface area (Å²) in [6.07, 6.45) is 1.73. The summed E-state index contributed by atoms with van der Waals surface area (Å²) in [6, 6.07) is 3.90. The molecular weight excluding hydrogens is 315 g/mol. The van der Waals surface area contributed by atoms with Gasteiger partial charge in [-0.2, -0.15) is 4.31 Å². The maximum Gasteiger partial charge on any atom is 0.246 e. The molecule has 21 heavy (non-hydrogen) atoms. The summed E-state index contributed by atoms with van der Waals surface area (Å²) in [5, 5.41) is 0. The molecule has 2 rings (SSSR count). The van der Waals surface area contributed by atoms with Gasteiger partial charge < -0.3 is 5.73 Å². The molecule has 1 aliphatic rings. The van der Waals surface area contributed by atoms with Crippen LogP contribution >= 0.6 is 12.4 Å². The van der Waals surface area contributed by atoms with Crippen molar-refractivity contribution in [1.82, 2.24) is 4.31 Å². The van der Waals surface area contributed by atoms with Gasteiger partial charge in [-0.25, -0.2) is 12.8 Å². The molecule has 1 aliphatic heterocycles. The van der Waals surface area contributed by atoms with E-state index >= 15 is 0 Å². The van der Waals surface area contributed by atoms with Gasteiger partial charge in [0, 0.05) is 19.1 Å². The van der Waals surface area contributed by atoms with Crippen molar-refractivity contribution in [3.8, 4) is 0 Å². The van der Waals surface area contributed by atoms with Crippen LogP contribution < -0.4 is 5.73 Å². The number of rotatable bonds is 3. The molecule has 0 aliphatic carbocycles. The van der Waals surface area contributed by atoms with Crippen molar-refractivity contribution in [2.45, 2.75) is 37.6 Å². The first kappa shape index (κ1) is 18.4. The fraction of sp³-hybridized carbons (Fsp3) is 0.571. The molecule has 2 atom stereocenters. The third-order valence-electron chi connectivity index (χ3n) is 3.98. The highest BCUT2D eigenvalue weighted by atomic mass is 35.5. The zero-order valence-corrected chi connectivity index (χ0v) is 13.9. The van der Waals surface area contributed by atoms with Crippen molar-refractivity contribution >= 4 is 22.4 Å². The summed E-state index contributed by atoms with van der Waals surface area (Å²) < 4.78 is 40.7. The Hall–Kier alpha value is -0.690. The van der Waals surface area contributed by atoms with Crippen LogP contribution in [0.4, 0.5) is 4.39 Å². The van der Waals surface area contributed by atoms with Gasteiger partial charge in [-0.05, 0) is 43.4 Å². The standard InChI is InChI=1S/C14H21FN2O2S.ClH/c1-10-5-6-12(15)14(8-10)20(18,19)17-7-3-4-11(2)13(17)9-16;/h5-6,8,11,13H,3-4,7,9,16H2,1-2H3;1H. The lowest BCUT2D eigenvalue weighted by Gasteiger charge is -2.38. The summed E-state index contributed by atoms with van der Waals surface area (Å²) >= 11 is 0. The molecule has 0 saturated carbocycles. The molecule has 1 aromatic rings. The fourth-order valence-corrected chi connectivity index (χ4v) is 4.72. The minimum Gasteiger partial charge on any atom is -0.329 e. The fourth-order valence-electron chi connectivity index (χ4n) is 2.79. The van der Waals surface area contributed by atoms with E-state index in [1.165, 1.54) is 16.4 Å². The number of halogens is 2. The summed E-state index contributed by atoms with van der Waals surface area (Å²) in [5.74, 6) is -0.513. The van der Waals surface area contributed by atoms with Crippen LogP contribution in [-0.4, -0.2) is 31.9 Å². The summed E-state index contributed by atoms with van der Waals surface area (Å²) in [4.78, 5) is -0.245. The summed E-state index contributed by atoms with van der Waals surface area (Å²) in [6.45, 7) is 4.40. The average molecular weight is 337 g/mol. The van der Waals surface area contributed by atoms with Crippen LogP contribution in [0.15, 0.2) is 23.1 Å². The van der Waals surface area contributed by atoms with Crippen molar-refractivity contribution < 1.29 is 12.8 Å². The van der Waals surface area contributed by atoms with E-state index in [1.54, 1.807) is 13.0 Å². The molecular formula is C14H22ClFN2O2S. The second-order valence-electron chi connectivity index (χ2n) is 5.47. The number of aryl methyl sites for hydroxylation is 1. The zero-order chi connectivity index (χ0) is 14.9. The monoisotopic (exact) mass is 336 g/mol. The minimum atomic E-state index is -3.83. The van der Waals surface area contributed by atoms with Crippen LogP contribution in [0, 0.1) is 18.7 Å². The topological polar surface area (TPSA) is 63.4 Å². The van der Waals surface area contributed by atoms with E-state index in [-0.39, 0.29) is 35.8 Å². The molecule has 7 heteroatoms. The second kappa shape index (κ2) is 7.05. The Morgan fingerprint density at radius 2 is 2.10 bits per heavy atom. The number of hydrogen-bond donors (Lipinski definition) is 1. The van der Waals surface area contributed by atoms with Crippen molar-refractivity contribution in [3.63, 3.8) is 0 Å². The van der Waals surface area contributed by atoms with Gasteiger partial charge in [0.25, 0.3) is 0 Å². The van der Waals surface area contributed by atoms with Gasteiger partial charge in [0.1, 0.15) is 10.7 Å². The summed E-state index contributed by atoms with van der Waals surface area (Å²) in [7, 11) is -3.83. The molecule has 2 unspecified atom stereocenters. The van der Waals surface area contributed by atoms with E-state index in [9.17, 15) is 12.8 Å². The number of sulfonamides is 1. The number of piperidine rings is 1. The molecule has 0 spiro atoms. The molecule has 1 saturated heterocycles. The number of nitrogens with two attached hydrogens (primary N) is 1. The Kier molecular flexibility index (Phi) is 6.16. The first-order valence-electron chi connectivity index (χ1n) is 6.86. The van der Waals surface area contributed by atoms with Crippen molar-refractivity contribution in [3.05, 3.63) is 29.6 Å². The van der Waals surface area contributed by atoms with E-state index in [4.69, 9.17) is 5.73 Å². The Labute approximate surface area is 132 Å². The van der Waals surface area contributed by atoms with Gasteiger partial charge in [0.05, 0.1) is 0 Å². The molecule has 0 bridgehead atoms. The Bertz CT molecular complexity index is 595. The second-order valence-corrected chi connectivity index (χ2v) is 7.33. The van der Waals surface area contributed by atoms with Crippen molar-refractivity contribution in [2.75, 3.05) is 13.1 Å².